The van der Waals surface area contributed by atoms with Gasteiger partial charge in [-0.1, -0.05) is 6.07 Å². The monoisotopic (exact) mass is 479 g/mol. The van der Waals surface area contributed by atoms with Crippen molar-refractivity contribution in [1.82, 2.24) is 5.32 Å². The van der Waals surface area contributed by atoms with Crippen molar-refractivity contribution in [2.24, 2.45) is 16.5 Å². The topological polar surface area (TPSA) is 160 Å². The van der Waals surface area contributed by atoms with Crippen LogP contribution in [-0.2, 0) is 16.0 Å². The van der Waals surface area contributed by atoms with Gasteiger partial charge in [0.2, 0.25) is 5.91 Å². The Balaban J connectivity index is 2.05. The molecule has 2 amide bonds. The fourth-order valence-corrected chi connectivity index (χ4v) is 3.09. The van der Waals surface area contributed by atoms with E-state index in [1.165, 1.54) is 12.1 Å². The molecule has 0 aliphatic rings. The van der Waals surface area contributed by atoms with Gasteiger partial charge in [-0.2, -0.15) is 0 Å². The van der Waals surface area contributed by atoms with Crippen molar-refractivity contribution >= 4 is 51.0 Å². The van der Waals surface area contributed by atoms with Crippen LogP contribution in [0.25, 0.3) is 0 Å². The van der Waals surface area contributed by atoms with Crippen molar-refractivity contribution in [3.8, 4) is 0 Å². The van der Waals surface area contributed by atoms with Crippen LogP contribution in [0.4, 0.5) is 15.8 Å². The Morgan fingerprint density at radius 3 is 2.57 bits per heavy atom. The molecule has 0 radical (unpaired) electrons. The summed E-state index contributed by atoms with van der Waals surface area (Å²) in [5, 5.41) is 13.9. The number of carboxylic acids is 1. The fourth-order valence-electron chi connectivity index (χ4n) is 2.52. The largest absolute Gasteiger partial charge is 0.481 e. The van der Waals surface area contributed by atoms with Crippen molar-refractivity contribution in [2.75, 3.05) is 11.9 Å². The number of aliphatic carboxylic acids is 1. The number of nitrogens with two attached hydrogens (primary N) is 2. The number of benzene rings is 2. The second-order valence-corrected chi connectivity index (χ2v) is 6.99. The molecule has 158 valence electrons. The number of nitrogens with one attached hydrogen (secondary N) is 2. The highest BCUT2D eigenvalue weighted by Gasteiger charge is 2.15. The van der Waals surface area contributed by atoms with Crippen LogP contribution in [0.15, 0.2) is 45.9 Å². The highest BCUT2D eigenvalue weighted by molar-refractivity contribution is 9.10. The Labute approximate surface area is 179 Å². The lowest BCUT2D eigenvalue weighted by molar-refractivity contribution is -0.137. The van der Waals surface area contributed by atoms with E-state index in [2.05, 4.69) is 31.6 Å². The molecule has 2 aromatic carbocycles. The molecule has 0 bridgehead atoms. The average molecular weight is 480 g/mol. The number of halogens is 2. The van der Waals surface area contributed by atoms with Gasteiger partial charge < -0.3 is 27.2 Å². The summed E-state index contributed by atoms with van der Waals surface area (Å²) in [6.07, 6.45) is -0.215. The molecule has 0 aliphatic carbocycles. The van der Waals surface area contributed by atoms with E-state index in [0.717, 1.165) is 12.1 Å². The summed E-state index contributed by atoms with van der Waals surface area (Å²) in [6.45, 7) is -0.368. The number of aryl methyl sites for hydroxylation is 1. The molecule has 0 saturated carbocycles. The number of anilines is 1. The number of carboxylic acid groups (broad SMARTS) is 1. The quantitative estimate of drug-likeness (QED) is 0.287. The summed E-state index contributed by atoms with van der Waals surface area (Å²) in [4.78, 5) is 39.2. The van der Waals surface area contributed by atoms with Crippen LogP contribution in [0.5, 0.6) is 0 Å². The summed E-state index contributed by atoms with van der Waals surface area (Å²) in [5.74, 6) is -2.89. The third-order valence-corrected chi connectivity index (χ3v) is 4.41. The Morgan fingerprint density at radius 2 is 1.90 bits per heavy atom. The number of hydrogen-bond acceptors (Lipinski definition) is 4. The maximum Gasteiger partial charge on any atom is 0.303 e. The number of hydrogen-bond donors (Lipinski definition) is 5. The molecule has 0 aliphatic heterocycles. The van der Waals surface area contributed by atoms with Gasteiger partial charge in [0.25, 0.3) is 5.91 Å². The Hall–Kier alpha value is -3.47. The van der Waals surface area contributed by atoms with Gasteiger partial charge >= 0.3 is 5.97 Å². The molecule has 0 heterocycles. The number of rotatable bonds is 8. The lowest BCUT2D eigenvalue weighted by Gasteiger charge is -2.13. The zero-order valence-electron chi connectivity index (χ0n) is 15.6. The van der Waals surface area contributed by atoms with E-state index in [1.54, 1.807) is 12.1 Å². The number of aliphatic imine (C=N–C) groups is 1. The molecule has 7 N–H and O–H groups in total. The fraction of sp³-hybridized carbons (Fsp3) is 0.158. The average Bonchev–Trinajstić information content (AvgIpc) is 2.66. The van der Waals surface area contributed by atoms with Crippen molar-refractivity contribution < 1.29 is 23.9 Å². The lowest BCUT2D eigenvalue weighted by Crippen LogP contribution is -2.33. The number of guanidine groups is 1. The van der Waals surface area contributed by atoms with E-state index in [0.29, 0.717) is 11.3 Å². The number of nitrogens with zero attached hydrogens (tertiary/aromatic N) is 1. The third-order valence-electron chi connectivity index (χ3n) is 3.79. The predicted octanol–water partition coefficient (Wildman–Crippen LogP) is 1.88. The molecule has 0 aromatic heterocycles. The molecule has 2 rings (SSSR count). The van der Waals surface area contributed by atoms with Crippen molar-refractivity contribution in [3.05, 3.63) is 57.8 Å². The molecule has 0 fully saturated rings. The van der Waals surface area contributed by atoms with Crippen molar-refractivity contribution in [1.29, 1.82) is 0 Å². The molecule has 0 spiro atoms. The van der Waals surface area contributed by atoms with E-state index in [9.17, 15) is 18.8 Å². The minimum absolute atomic E-state index is 0.0191. The summed E-state index contributed by atoms with van der Waals surface area (Å²) in [5.41, 5.74) is 11.8. The van der Waals surface area contributed by atoms with Gasteiger partial charge in [0.05, 0.1) is 17.9 Å². The smallest absolute Gasteiger partial charge is 0.303 e. The maximum atomic E-state index is 13.7. The zero-order valence-corrected chi connectivity index (χ0v) is 17.2. The van der Waals surface area contributed by atoms with Crippen LogP contribution in [-0.4, -0.2) is 35.4 Å². The number of carbonyl (C=O) groups excluding carboxylic acids is 2. The highest BCUT2D eigenvalue weighted by atomic mass is 79.9. The van der Waals surface area contributed by atoms with Gasteiger partial charge in [-0.05, 0) is 58.2 Å². The van der Waals surface area contributed by atoms with Crippen LogP contribution in [0.1, 0.15) is 22.3 Å². The standard InChI is InChI=1S/C19H19BrFN5O4/c20-14-8-12(21)6-10(4-5-16(28)29)17(14)26-15(27)9-24-18(30)11-2-1-3-13(7-11)25-19(22)23/h1-3,6-8H,4-5,9H2,(H,24,30)(H,26,27)(H,28,29)(H4,22,23,25). The molecule has 9 nitrogen and oxygen atoms in total. The molecular weight excluding hydrogens is 461 g/mol. The first kappa shape index (κ1) is 22.8. The zero-order chi connectivity index (χ0) is 22.3. The highest BCUT2D eigenvalue weighted by Crippen LogP contribution is 2.29. The second-order valence-electron chi connectivity index (χ2n) is 6.13. The summed E-state index contributed by atoms with van der Waals surface area (Å²) >= 11 is 3.16. The number of amides is 2. The first-order valence-electron chi connectivity index (χ1n) is 8.63. The van der Waals surface area contributed by atoms with Crippen LogP contribution < -0.4 is 22.1 Å². The van der Waals surface area contributed by atoms with Gasteiger partial charge in [0.1, 0.15) is 5.82 Å². The van der Waals surface area contributed by atoms with Gasteiger partial charge in [-0.3, -0.25) is 14.4 Å². The minimum Gasteiger partial charge on any atom is -0.481 e. The lowest BCUT2D eigenvalue weighted by atomic mass is 10.1. The molecule has 0 unspecified atom stereocenters. The summed E-state index contributed by atoms with van der Waals surface area (Å²) < 4.78 is 13.9. The second kappa shape index (κ2) is 10.3. The SMILES string of the molecule is NC(N)=Nc1cccc(C(=O)NCC(=O)Nc2c(Br)cc(F)cc2CCC(=O)O)c1. The first-order valence-corrected chi connectivity index (χ1v) is 9.42. The first-order chi connectivity index (χ1) is 14.2. The van der Waals surface area contributed by atoms with Crippen molar-refractivity contribution in [3.63, 3.8) is 0 Å². The third kappa shape index (κ3) is 6.85. The molecule has 30 heavy (non-hydrogen) atoms. The van der Waals surface area contributed by atoms with Crippen LogP contribution in [0.3, 0.4) is 0 Å². The Bertz CT molecular complexity index is 1010. The van der Waals surface area contributed by atoms with E-state index >= 15 is 0 Å². The van der Waals surface area contributed by atoms with Crippen LogP contribution in [0.2, 0.25) is 0 Å². The van der Waals surface area contributed by atoms with E-state index in [-0.39, 0.29) is 41.1 Å². The number of carbonyl (C=O) groups is 3. The van der Waals surface area contributed by atoms with Gasteiger partial charge in [-0.15, -0.1) is 0 Å². The van der Waals surface area contributed by atoms with Crippen molar-refractivity contribution in [2.45, 2.75) is 12.8 Å². The van der Waals surface area contributed by atoms with E-state index in [4.69, 9.17) is 16.6 Å². The van der Waals surface area contributed by atoms with E-state index in [1.807, 2.05) is 0 Å². The van der Waals surface area contributed by atoms with Gasteiger partial charge in [0.15, 0.2) is 5.96 Å². The van der Waals surface area contributed by atoms with E-state index < -0.39 is 23.6 Å². The summed E-state index contributed by atoms with van der Waals surface area (Å²) in [7, 11) is 0. The Kier molecular flexibility index (Phi) is 7.87. The van der Waals surface area contributed by atoms with Crippen LogP contribution in [0, 0.1) is 5.82 Å². The minimum atomic E-state index is -1.05. The molecular formula is C19H19BrFN5O4. The molecule has 0 saturated heterocycles. The maximum absolute atomic E-state index is 13.7. The summed E-state index contributed by atoms with van der Waals surface area (Å²) in [6, 6.07) is 8.47. The Morgan fingerprint density at radius 1 is 1.17 bits per heavy atom. The molecule has 11 heteroatoms. The van der Waals surface area contributed by atoms with Gasteiger partial charge in [0, 0.05) is 16.5 Å². The van der Waals surface area contributed by atoms with Gasteiger partial charge in [-0.25, -0.2) is 9.38 Å². The molecule has 2 aromatic rings. The van der Waals surface area contributed by atoms with Crippen LogP contribution >= 0.6 is 15.9 Å². The predicted molar refractivity (Wildman–Crippen MR) is 113 cm³/mol. The normalized spacial score (nSPS) is 10.2. The molecule has 0 atom stereocenters.